The zero-order chi connectivity index (χ0) is 11.4. The van der Waals surface area contributed by atoms with Crippen molar-refractivity contribution in [3.63, 3.8) is 0 Å². The topological polar surface area (TPSA) is 48.1 Å². The van der Waals surface area contributed by atoms with Gasteiger partial charge in [0.05, 0.1) is 6.61 Å². The van der Waals surface area contributed by atoms with Gasteiger partial charge < -0.3 is 10.5 Å². The van der Waals surface area contributed by atoms with Gasteiger partial charge in [-0.05, 0) is 37.7 Å². The minimum absolute atomic E-state index is 0.201. The molecule has 1 aromatic rings. The van der Waals surface area contributed by atoms with Crippen LogP contribution in [0.3, 0.4) is 0 Å². The van der Waals surface area contributed by atoms with E-state index in [1.165, 1.54) is 12.8 Å². The van der Waals surface area contributed by atoms with E-state index in [1.54, 1.807) is 6.20 Å². The molecule has 0 aromatic carbocycles. The van der Waals surface area contributed by atoms with Crippen LogP contribution >= 0.6 is 0 Å². The highest BCUT2D eigenvalue weighted by Crippen LogP contribution is 2.29. The Kier molecular flexibility index (Phi) is 3.78. The molecule has 0 radical (unpaired) electrons. The molecule has 1 atom stereocenters. The van der Waals surface area contributed by atoms with Crippen LogP contribution in [0, 0.1) is 5.92 Å². The van der Waals surface area contributed by atoms with Crippen molar-refractivity contribution < 1.29 is 4.74 Å². The van der Waals surface area contributed by atoms with E-state index in [-0.39, 0.29) is 6.04 Å². The van der Waals surface area contributed by atoms with Gasteiger partial charge in [0.2, 0.25) is 5.88 Å². The van der Waals surface area contributed by atoms with E-state index >= 15 is 0 Å². The van der Waals surface area contributed by atoms with E-state index in [0.717, 1.165) is 36.8 Å². The van der Waals surface area contributed by atoms with Crippen LogP contribution in [0.25, 0.3) is 0 Å². The van der Waals surface area contributed by atoms with Gasteiger partial charge in [0, 0.05) is 17.8 Å². The van der Waals surface area contributed by atoms with Crippen molar-refractivity contribution in [1.29, 1.82) is 0 Å². The Bertz CT molecular complexity index is 336. The van der Waals surface area contributed by atoms with Crippen molar-refractivity contribution in [2.75, 3.05) is 6.61 Å². The SMILES string of the molecule is CCC(N)Cc1cccnc1OCC1CC1. The third kappa shape index (κ3) is 3.20. The maximum Gasteiger partial charge on any atom is 0.216 e. The lowest BCUT2D eigenvalue weighted by Crippen LogP contribution is -2.22. The smallest absolute Gasteiger partial charge is 0.216 e. The molecule has 1 aliphatic carbocycles. The van der Waals surface area contributed by atoms with E-state index < -0.39 is 0 Å². The van der Waals surface area contributed by atoms with Crippen LogP contribution in [0.2, 0.25) is 0 Å². The lowest BCUT2D eigenvalue weighted by Gasteiger charge is -2.12. The molecule has 1 aromatic heterocycles. The molecule has 0 aliphatic heterocycles. The van der Waals surface area contributed by atoms with Gasteiger partial charge in [-0.15, -0.1) is 0 Å². The molecular formula is C13H20N2O. The Morgan fingerprint density at radius 1 is 1.56 bits per heavy atom. The lowest BCUT2D eigenvalue weighted by molar-refractivity contribution is 0.284. The molecular weight excluding hydrogens is 200 g/mol. The van der Waals surface area contributed by atoms with Crippen LogP contribution in [0.1, 0.15) is 31.7 Å². The first kappa shape index (κ1) is 11.4. The molecule has 0 bridgehead atoms. The number of hydrogen-bond acceptors (Lipinski definition) is 3. The highest BCUT2D eigenvalue weighted by Gasteiger charge is 2.22. The summed E-state index contributed by atoms with van der Waals surface area (Å²) in [6, 6.07) is 4.21. The van der Waals surface area contributed by atoms with E-state index in [1.807, 2.05) is 6.07 Å². The molecule has 0 spiro atoms. The monoisotopic (exact) mass is 220 g/mol. The van der Waals surface area contributed by atoms with Crippen LogP contribution in [0.4, 0.5) is 0 Å². The van der Waals surface area contributed by atoms with Gasteiger partial charge in [0.1, 0.15) is 0 Å². The summed E-state index contributed by atoms with van der Waals surface area (Å²) < 4.78 is 5.74. The number of aromatic nitrogens is 1. The summed E-state index contributed by atoms with van der Waals surface area (Å²) >= 11 is 0. The molecule has 1 saturated carbocycles. The number of ether oxygens (including phenoxy) is 1. The maximum absolute atomic E-state index is 5.96. The fraction of sp³-hybridized carbons (Fsp3) is 0.615. The van der Waals surface area contributed by atoms with E-state index in [2.05, 4.69) is 18.0 Å². The molecule has 0 amide bonds. The van der Waals surface area contributed by atoms with Crippen LogP contribution in [0.15, 0.2) is 18.3 Å². The number of hydrogen-bond donors (Lipinski definition) is 1. The lowest BCUT2D eigenvalue weighted by atomic mass is 10.1. The summed E-state index contributed by atoms with van der Waals surface area (Å²) in [5.74, 6) is 1.54. The van der Waals surface area contributed by atoms with Gasteiger partial charge in [-0.2, -0.15) is 0 Å². The normalized spacial score (nSPS) is 17.1. The van der Waals surface area contributed by atoms with Crippen LogP contribution in [-0.4, -0.2) is 17.6 Å². The Hall–Kier alpha value is -1.09. The minimum atomic E-state index is 0.201. The third-order valence-corrected chi connectivity index (χ3v) is 3.01. The third-order valence-electron chi connectivity index (χ3n) is 3.01. The Morgan fingerprint density at radius 3 is 3.06 bits per heavy atom. The van der Waals surface area contributed by atoms with Crippen molar-refractivity contribution in [2.24, 2.45) is 11.7 Å². The zero-order valence-corrected chi connectivity index (χ0v) is 9.86. The van der Waals surface area contributed by atoms with Gasteiger partial charge in [0.25, 0.3) is 0 Å². The first-order valence-electron chi connectivity index (χ1n) is 6.12. The number of rotatable bonds is 6. The van der Waals surface area contributed by atoms with Crippen molar-refractivity contribution in [3.8, 4) is 5.88 Å². The molecule has 2 rings (SSSR count). The predicted molar refractivity (Wildman–Crippen MR) is 64.4 cm³/mol. The van der Waals surface area contributed by atoms with Gasteiger partial charge >= 0.3 is 0 Å². The summed E-state index contributed by atoms with van der Waals surface area (Å²) in [6.45, 7) is 2.91. The van der Waals surface area contributed by atoms with E-state index in [4.69, 9.17) is 10.5 Å². The van der Waals surface area contributed by atoms with Gasteiger partial charge in [0.15, 0.2) is 0 Å². The predicted octanol–water partition coefficient (Wildman–Crippen LogP) is 2.15. The second-order valence-corrected chi connectivity index (χ2v) is 4.59. The Labute approximate surface area is 97.0 Å². The molecule has 1 heterocycles. The Morgan fingerprint density at radius 2 is 2.38 bits per heavy atom. The van der Waals surface area contributed by atoms with Crippen LogP contribution < -0.4 is 10.5 Å². The van der Waals surface area contributed by atoms with E-state index in [9.17, 15) is 0 Å². The van der Waals surface area contributed by atoms with E-state index in [0.29, 0.717) is 0 Å². The zero-order valence-electron chi connectivity index (χ0n) is 9.86. The molecule has 2 N–H and O–H groups in total. The summed E-state index contributed by atoms with van der Waals surface area (Å²) in [5.41, 5.74) is 7.10. The second-order valence-electron chi connectivity index (χ2n) is 4.59. The molecule has 88 valence electrons. The van der Waals surface area contributed by atoms with Crippen molar-refractivity contribution in [2.45, 2.75) is 38.6 Å². The quantitative estimate of drug-likeness (QED) is 0.799. The summed E-state index contributed by atoms with van der Waals surface area (Å²) in [5, 5.41) is 0. The Balaban J connectivity index is 1.97. The van der Waals surface area contributed by atoms with Gasteiger partial charge in [-0.1, -0.05) is 13.0 Å². The van der Waals surface area contributed by atoms with Gasteiger partial charge in [-0.3, -0.25) is 0 Å². The fourth-order valence-electron chi connectivity index (χ4n) is 1.62. The second kappa shape index (κ2) is 5.30. The molecule has 1 unspecified atom stereocenters. The standard InChI is InChI=1S/C13H20N2O/c1-2-12(14)8-11-4-3-7-15-13(11)16-9-10-5-6-10/h3-4,7,10,12H,2,5-6,8-9,14H2,1H3. The summed E-state index contributed by atoms with van der Waals surface area (Å²) in [4.78, 5) is 4.29. The van der Waals surface area contributed by atoms with Crippen molar-refractivity contribution >= 4 is 0 Å². The molecule has 3 heteroatoms. The number of pyridine rings is 1. The number of nitrogens with zero attached hydrogens (tertiary/aromatic N) is 1. The number of nitrogens with two attached hydrogens (primary N) is 1. The average molecular weight is 220 g/mol. The summed E-state index contributed by atoms with van der Waals surface area (Å²) in [6.07, 6.45) is 6.22. The van der Waals surface area contributed by atoms with Crippen LogP contribution in [-0.2, 0) is 6.42 Å². The largest absolute Gasteiger partial charge is 0.477 e. The summed E-state index contributed by atoms with van der Waals surface area (Å²) in [7, 11) is 0. The molecule has 1 aliphatic rings. The van der Waals surface area contributed by atoms with Gasteiger partial charge in [-0.25, -0.2) is 4.98 Å². The maximum atomic E-state index is 5.96. The molecule has 1 fully saturated rings. The van der Waals surface area contributed by atoms with Crippen LogP contribution in [0.5, 0.6) is 5.88 Å². The molecule has 0 saturated heterocycles. The molecule has 3 nitrogen and oxygen atoms in total. The highest BCUT2D eigenvalue weighted by atomic mass is 16.5. The minimum Gasteiger partial charge on any atom is -0.477 e. The average Bonchev–Trinajstić information content (AvgIpc) is 3.11. The first-order valence-corrected chi connectivity index (χ1v) is 6.12. The first-order chi connectivity index (χ1) is 7.79. The fourth-order valence-corrected chi connectivity index (χ4v) is 1.62. The van der Waals surface area contributed by atoms with Crippen molar-refractivity contribution in [3.05, 3.63) is 23.9 Å². The highest BCUT2D eigenvalue weighted by molar-refractivity contribution is 5.26. The molecule has 16 heavy (non-hydrogen) atoms. The van der Waals surface area contributed by atoms with Crippen molar-refractivity contribution in [1.82, 2.24) is 4.98 Å².